The van der Waals surface area contributed by atoms with Gasteiger partial charge < -0.3 is 4.74 Å². The maximum atomic E-state index is 13.0. The summed E-state index contributed by atoms with van der Waals surface area (Å²) in [6, 6.07) is 17.2. The number of aromatic nitrogens is 3. The minimum Gasteiger partial charge on any atom is -0.497 e. The van der Waals surface area contributed by atoms with E-state index in [1.54, 1.807) is 24.2 Å². The van der Waals surface area contributed by atoms with Gasteiger partial charge in [-0.05, 0) is 43.3 Å². The molecule has 0 unspecified atom stereocenters. The molecule has 1 N–H and O–H groups in total. The van der Waals surface area contributed by atoms with Gasteiger partial charge in [-0.2, -0.15) is 5.10 Å². The lowest BCUT2D eigenvalue weighted by atomic mass is 10.1. The zero-order chi connectivity index (χ0) is 19.5. The number of aryl methyl sites for hydroxylation is 1. The topological polar surface area (TPSA) is 69.0 Å². The second kappa shape index (κ2) is 7.66. The zero-order valence-corrected chi connectivity index (χ0v) is 16.2. The third-order valence-electron chi connectivity index (χ3n) is 4.18. The Hall–Kier alpha value is -3.45. The van der Waals surface area contributed by atoms with Crippen LogP contribution in [-0.4, -0.2) is 27.8 Å². The third kappa shape index (κ3) is 3.65. The molecule has 2 aromatic carbocycles. The first kappa shape index (κ1) is 17.9. The molecule has 0 radical (unpaired) electrons. The number of methoxy groups -OCH3 is 1. The van der Waals surface area contributed by atoms with Gasteiger partial charge in [0.25, 0.3) is 5.91 Å². The van der Waals surface area contributed by atoms with E-state index in [0.29, 0.717) is 16.4 Å². The molecule has 0 saturated carbocycles. The summed E-state index contributed by atoms with van der Waals surface area (Å²) in [5.41, 5.74) is 2.77. The molecule has 1 amide bonds. The SMILES string of the molecule is COc1ccc(-c2nn(-c3ccccc3)cc2C(=O)Nc2ncc(C)s2)cc1. The van der Waals surface area contributed by atoms with Crippen molar-refractivity contribution >= 4 is 22.4 Å². The van der Waals surface area contributed by atoms with E-state index in [9.17, 15) is 4.79 Å². The maximum absolute atomic E-state index is 13.0. The van der Waals surface area contributed by atoms with Crippen molar-refractivity contribution in [3.63, 3.8) is 0 Å². The number of carbonyl (C=O) groups is 1. The predicted octanol–water partition coefficient (Wildman–Crippen LogP) is 4.57. The number of nitrogens with zero attached hydrogens (tertiary/aromatic N) is 3. The maximum Gasteiger partial charge on any atom is 0.261 e. The Bertz CT molecular complexity index is 1100. The fourth-order valence-corrected chi connectivity index (χ4v) is 3.45. The van der Waals surface area contributed by atoms with E-state index in [4.69, 9.17) is 4.74 Å². The Labute approximate surface area is 166 Å². The molecule has 2 aromatic heterocycles. The van der Waals surface area contributed by atoms with Gasteiger partial charge in [0.1, 0.15) is 11.4 Å². The van der Waals surface area contributed by atoms with E-state index in [1.165, 1.54) is 11.3 Å². The summed E-state index contributed by atoms with van der Waals surface area (Å²) in [5, 5.41) is 8.10. The molecule has 0 saturated heterocycles. The Morgan fingerprint density at radius 3 is 2.50 bits per heavy atom. The van der Waals surface area contributed by atoms with E-state index in [2.05, 4.69) is 15.4 Å². The highest BCUT2D eigenvalue weighted by Crippen LogP contribution is 2.27. The predicted molar refractivity (Wildman–Crippen MR) is 110 cm³/mol. The summed E-state index contributed by atoms with van der Waals surface area (Å²) < 4.78 is 6.94. The van der Waals surface area contributed by atoms with Gasteiger partial charge in [0.05, 0.1) is 18.4 Å². The number of amides is 1. The highest BCUT2D eigenvalue weighted by atomic mass is 32.1. The van der Waals surface area contributed by atoms with Crippen LogP contribution in [0.15, 0.2) is 67.0 Å². The monoisotopic (exact) mass is 390 g/mol. The van der Waals surface area contributed by atoms with Crippen LogP contribution in [0.25, 0.3) is 16.9 Å². The van der Waals surface area contributed by atoms with Gasteiger partial charge in [-0.15, -0.1) is 11.3 Å². The van der Waals surface area contributed by atoms with E-state index in [-0.39, 0.29) is 5.91 Å². The van der Waals surface area contributed by atoms with Crippen LogP contribution in [0.5, 0.6) is 5.75 Å². The summed E-state index contributed by atoms with van der Waals surface area (Å²) in [4.78, 5) is 18.2. The Morgan fingerprint density at radius 2 is 1.86 bits per heavy atom. The van der Waals surface area contributed by atoms with Crippen LogP contribution in [-0.2, 0) is 0 Å². The number of hydrogen-bond donors (Lipinski definition) is 1. The van der Waals surface area contributed by atoms with Crippen molar-refractivity contribution in [1.29, 1.82) is 0 Å². The molecule has 6 nitrogen and oxygen atoms in total. The number of rotatable bonds is 5. The molecular formula is C21H18N4O2S. The van der Waals surface area contributed by atoms with Crippen molar-refractivity contribution in [3.05, 3.63) is 77.4 Å². The average Bonchev–Trinajstić information content (AvgIpc) is 3.35. The minimum absolute atomic E-state index is 0.248. The molecule has 0 bridgehead atoms. The summed E-state index contributed by atoms with van der Waals surface area (Å²) >= 11 is 1.43. The summed E-state index contributed by atoms with van der Waals surface area (Å²) in [6.07, 6.45) is 3.47. The first-order chi connectivity index (χ1) is 13.6. The van der Waals surface area contributed by atoms with Crippen molar-refractivity contribution in [2.45, 2.75) is 6.92 Å². The second-order valence-electron chi connectivity index (χ2n) is 6.13. The van der Waals surface area contributed by atoms with Gasteiger partial charge in [-0.25, -0.2) is 9.67 Å². The lowest BCUT2D eigenvalue weighted by Crippen LogP contribution is -2.12. The number of anilines is 1. The van der Waals surface area contributed by atoms with Crippen LogP contribution in [0.2, 0.25) is 0 Å². The van der Waals surface area contributed by atoms with Crippen LogP contribution in [0, 0.1) is 6.92 Å². The van der Waals surface area contributed by atoms with Crippen LogP contribution in [0.4, 0.5) is 5.13 Å². The summed E-state index contributed by atoms with van der Waals surface area (Å²) in [6.45, 7) is 1.95. The number of ether oxygens (including phenoxy) is 1. The fourth-order valence-electron chi connectivity index (χ4n) is 2.79. The number of para-hydroxylation sites is 1. The summed E-state index contributed by atoms with van der Waals surface area (Å²) in [5.74, 6) is 0.498. The Morgan fingerprint density at radius 1 is 1.11 bits per heavy atom. The van der Waals surface area contributed by atoms with Crippen molar-refractivity contribution in [3.8, 4) is 22.7 Å². The lowest BCUT2D eigenvalue weighted by molar-refractivity contribution is 0.102. The van der Waals surface area contributed by atoms with E-state index in [1.807, 2.05) is 61.5 Å². The van der Waals surface area contributed by atoms with Gasteiger partial charge in [-0.1, -0.05) is 18.2 Å². The van der Waals surface area contributed by atoms with Crippen molar-refractivity contribution in [2.24, 2.45) is 0 Å². The van der Waals surface area contributed by atoms with Gasteiger partial charge >= 0.3 is 0 Å². The minimum atomic E-state index is -0.248. The van der Waals surface area contributed by atoms with Crippen LogP contribution in [0.3, 0.4) is 0 Å². The molecular weight excluding hydrogens is 372 g/mol. The number of benzene rings is 2. The van der Waals surface area contributed by atoms with E-state index in [0.717, 1.165) is 21.9 Å². The van der Waals surface area contributed by atoms with Crippen LogP contribution >= 0.6 is 11.3 Å². The second-order valence-corrected chi connectivity index (χ2v) is 7.36. The normalized spacial score (nSPS) is 10.6. The molecule has 0 aliphatic rings. The molecule has 4 rings (SSSR count). The first-order valence-corrected chi connectivity index (χ1v) is 9.49. The lowest BCUT2D eigenvalue weighted by Gasteiger charge is -2.04. The molecule has 0 fully saturated rings. The van der Waals surface area contributed by atoms with Crippen molar-refractivity contribution in [2.75, 3.05) is 12.4 Å². The number of thiazole rings is 1. The van der Waals surface area contributed by atoms with Gasteiger partial charge in [0.15, 0.2) is 5.13 Å². The quantitative estimate of drug-likeness (QED) is 0.542. The third-order valence-corrected chi connectivity index (χ3v) is 5.01. The molecule has 28 heavy (non-hydrogen) atoms. The average molecular weight is 390 g/mol. The van der Waals surface area contributed by atoms with Gasteiger partial charge in [-0.3, -0.25) is 10.1 Å². The van der Waals surface area contributed by atoms with Gasteiger partial charge in [0.2, 0.25) is 0 Å². The van der Waals surface area contributed by atoms with Crippen molar-refractivity contribution < 1.29 is 9.53 Å². The molecule has 0 aliphatic heterocycles. The highest BCUT2D eigenvalue weighted by molar-refractivity contribution is 7.15. The number of carbonyl (C=O) groups excluding carboxylic acids is 1. The molecule has 0 spiro atoms. The standard InChI is InChI=1S/C21H18N4O2S/c1-14-12-22-21(28-14)23-20(26)18-13-25(16-6-4-3-5-7-16)24-19(18)15-8-10-17(27-2)11-9-15/h3-13H,1-2H3,(H,22,23,26). The smallest absolute Gasteiger partial charge is 0.261 e. The van der Waals surface area contributed by atoms with E-state index >= 15 is 0 Å². The largest absolute Gasteiger partial charge is 0.497 e. The number of nitrogens with one attached hydrogen (secondary N) is 1. The number of hydrogen-bond acceptors (Lipinski definition) is 5. The molecule has 0 aliphatic carbocycles. The molecule has 4 aromatic rings. The Kier molecular flexibility index (Phi) is 4.90. The fraction of sp³-hybridized carbons (Fsp3) is 0.0952. The van der Waals surface area contributed by atoms with Gasteiger partial charge in [0, 0.05) is 22.8 Å². The zero-order valence-electron chi connectivity index (χ0n) is 15.4. The summed E-state index contributed by atoms with van der Waals surface area (Å²) in [7, 11) is 1.62. The molecule has 0 atom stereocenters. The Balaban J connectivity index is 1.75. The van der Waals surface area contributed by atoms with Crippen LogP contribution in [0.1, 0.15) is 15.2 Å². The van der Waals surface area contributed by atoms with E-state index < -0.39 is 0 Å². The molecule has 7 heteroatoms. The van der Waals surface area contributed by atoms with Crippen LogP contribution < -0.4 is 10.1 Å². The van der Waals surface area contributed by atoms with Crippen molar-refractivity contribution in [1.82, 2.24) is 14.8 Å². The molecule has 2 heterocycles. The highest BCUT2D eigenvalue weighted by Gasteiger charge is 2.19. The first-order valence-electron chi connectivity index (χ1n) is 8.67. The molecule has 140 valence electrons.